The van der Waals surface area contributed by atoms with Crippen molar-refractivity contribution in [2.75, 3.05) is 6.26 Å². The minimum Gasteiger partial charge on any atom is -0.419 e. The molecule has 9 heteroatoms. The van der Waals surface area contributed by atoms with Gasteiger partial charge in [-0.3, -0.25) is 4.79 Å². The Labute approximate surface area is 173 Å². The fourth-order valence-electron chi connectivity index (χ4n) is 2.99. The summed E-state index contributed by atoms with van der Waals surface area (Å²) < 4.78 is 29.3. The average Bonchev–Trinajstić information content (AvgIpc) is 3.44. The van der Waals surface area contributed by atoms with Crippen LogP contribution in [-0.4, -0.2) is 41.7 Å². The molecular formula is C20H18ClN3O4S. The van der Waals surface area contributed by atoms with Crippen molar-refractivity contribution in [1.29, 1.82) is 0 Å². The molecule has 0 unspecified atom stereocenters. The number of sulfone groups is 1. The minimum atomic E-state index is -3.40. The largest absolute Gasteiger partial charge is 0.419 e. The third-order valence-corrected chi connectivity index (χ3v) is 6.07. The molecule has 0 radical (unpaired) electrons. The van der Waals surface area contributed by atoms with Crippen molar-refractivity contribution < 1.29 is 17.6 Å². The second-order valence-corrected chi connectivity index (χ2v) is 9.37. The van der Waals surface area contributed by atoms with Crippen LogP contribution in [0, 0.1) is 0 Å². The van der Waals surface area contributed by atoms with Crippen LogP contribution in [0.2, 0.25) is 5.02 Å². The van der Waals surface area contributed by atoms with E-state index in [1.807, 2.05) is 6.07 Å². The number of hydrogen-bond donors (Lipinski definition) is 0. The minimum absolute atomic E-state index is 0.0695. The molecule has 1 amide bonds. The van der Waals surface area contributed by atoms with E-state index in [2.05, 4.69) is 10.2 Å². The number of halogens is 1. The number of carbonyl (C=O) groups is 1. The van der Waals surface area contributed by atoms with Gasteiger partial charge in [-0.15, -0.1) is 10.2 Å². The Kier molecular flexibility index (Phi) is 5.14. The molecule has 1 fully saturated rings. The maximum Gasteiger partial charge on any atom is 0.254 e. The fourth-order valence-corrected chi connectivity index (χ4v) is 3.87. The van der Waals surface area contributed by atoms with Gasteiger partial charge in [0.1, 0.15) is 0 Å². The molecule has 0 spiro atoms. The van der Waals surface area contributed by atoms with Gasteiger partial charge < -0.3 is 9.32 Å². The zero-order valence-corrected chi connectivity index (χ0v) is 17.2. The summed E-state index contributed by atoms with van der Waals surface area (Å²) >= 11 is 6.17. The predicted octanol–water partition coefficient (Wildman–Crippen LogP) is 3.60. The molecule has 1 aromatic heterocycles. The third-order valence-electron chi connectivity index (χ3n) is 4.63. The van der Waals surface area contributed by atoms with Crippen molar-refractivity contribution in [2.45, 2.75) is 30.3 Å². The third kappa shape index (κ3) is 4.33. The van der Waals surface area contributed by atoms with Gasteiger partial charge in [-0.2, -0.15) is 0 Å². The molecule has 150 valence electrons. The molecule has 1 aliphatic rings. The molecule has 4 rings (SSSR count). The van der Waals surface area contributed by atoms with Crippen molar-refractivity contribution in [3.8, 4) is 11.5 Å². The molecule has 1 aliphatic carbocycles. The highest BCUT2D eigenvalue weighted by Crippen LogP contribution is 2.31. The summed E-state index contributed by atoms with van der Waals surface area (Å²) in [6.45, 7) is 0.143. The van der Waals surface area contributed by atoms with Gasteiger partial charge >= 0.3 is 0 Å². The number of nitrogens with zero attached hydrogens (tertiary/aromatic N) is 3. The first-order valence-corrected chi connectivity index (χ1v) is 11.3. The summed E-state index contributed by atoms with van der Waals surface area (Å²) in [6, 6.07) is 13.3. The van der Waals surface area contributed by atoms with Crippen molar-refractivity contribution >= 4 is 27.3 Å². The summed E-state index contributed by atoms with van der Waals surface area (Å²) in [5.41, 5.74) is 0.934. The molecule has 0 bridgehead atoms. The molecule has 0 saturated heterocycles. The summed E-state index contributed by atoms with van der Waals surface area (Å²) in [6.07, 6.45) is 2.87. The van der Waals surface area contributed by atoms with E-state index in [-0.39, 0.29) is 29.3 Å². The van der Waals surface area contributed by atoms with Crippen molar-refractivity contribution in [2.24, 2.45) is 0 Å². The summed E-state index contributed by atoms with van der Waals surface area (Å²) in [5, 5.41) is 8.59. The first-order chi connectivity index (χ1) is 13.8. The Balaban J connectivity index is 1.58. The van der Waals surface area contributed by atoms with Crippen LogP contribution in [0.1, 0.15) is 29.1 Å². The molecular weight excluding hydrogens is 414 g/mol. The molecule has 0 aliphatic heterocycles. The first kappa shape index (κ1) is 19.6. The zero-order valence-electron chi connectivity index (χ0n) is 15.6. The van der Waals surface area contributed by atoms with Crippen molar-refractivity contribution in [3.63, 3.8) is 0 Å². The normalized spacial score (nSPS) is 14.0. The smallest absolute Gasteiger partial charge is 0.254 e. The second kappa shape index (κ2) is 7.61. The average molecular weight is 432 g/mol. The van der Waals surface area contributed by atoms with E-state index >= 15 is 0 Å². The number of hydrogen-bond acceptors (Lipinski definition) is 6. The molecule has 7 nitrogen and oxygen atoms in total. The second-order valence-electron chi connectivity index (χ2n) is 6.95. The quantitative estimate of drug-likeness (QED) is 0.592. The number of benzene rings is 2. The highest BCUT2D eigenvalue weighted by molar-refractivity contribution is 7.90. The first-order valence-electron chi connectivity index (χ1n) is 9.01. The molecule has 1 saturated carbocycles. The molecule has 1 heterocycles. The Bertz CT molecular complexity index is 1170. The molecule has 0 N–H and O–H groups in total. The van der Waals surface area contributed by atoms with Crippen LogP contribution in [0.5, 0.6) is 0 Å². The van der Waals surface area contributed by atoms with E-state index in [0.717, 1.165) is 19.1 Å². The van der Waals surface area contributed by atoms with Crippen molar-refractivity contribution in [1.82, 2.24) is 15.1 Å². The number of amides is 1. The topological polar surface area (TPSA) is 93.4 Å². The van der Waals surface area contributed by atoms with Crippen LogP contribution in [0.25, 0.3) is 11.5 Å². The van der Waals surface area contributed by atoms with E-state index in [1.54, 1.807) is 35.2 Å². The molecule has 29 heavy (non-hydrogen) atoms. The van der Waals surface area contributed by atoms with Gasteiger partial charge in [0.2, 0.25) is 11.8 Å². The number of carbonyl (C=O) groups excluding carboxylic acids is 1. The van der Waals surface area contributed by atoms with Crippen LogP contribution in [0.15, 0.2) is 57.8 Å². The summed E-state index contributed by atoms with van der Waals surface area (Å²) in [4.78, 5) is 14.8. The lowest BCUT2D eigenvalue weighted by atomic mass is 10.2. The van der Waals surface area contributed by atoms with E-state index in [0.29, 0.717) is 22.0 Å². The lowest BCUT2D eigenvalue weighted by molar-refractivity contribution is 0.0714. The maximum atomic E-state index is 13.1. The number of aromatic nitrogens is 2. The molecule has 2 aromatic carbocycles. The van der Waals surface area contributed by atoms with Gasteiger partial charge in [0.15, 0.2) is 9.84 Å². The summed E-state index contributed by atoms with van der Waals surface area (Å²) in [5.74, 6) is 0.308. The standard InChI is InChI=1S/C20H18ClN3O4S/c1-29(26,27)15-6-4-5-13(11-15)20(25)24(14-9-10-14)12-18-22-23-19(28-18)16-7-2-3-8-17(16)21/h2-8,11,14H,9-10,12H2,1H3. The Morgan fingerprint density at radius 2 is 1.93 bits per heavy atom. The Morgan fingerprint density at radius 3 is 2.62 bits per heavy atom. The lowest BCUT2D eigenvalue weighted by Crippen LogP contribution is -2.32. The Hall–Kier alpha value is -2.71. The lowest BCUT2D eigenvalue weighted by Gasteiger charge is -2.20. The fraction of sp³-hybridized carbons (Fsp3) is 0.250. The van der Waals surface area contributed by atoms with Crippen LogP contribution < -0.4 is 0 Å². The summed E-state index contributed by atoms with van der Waals surface area (Å²) in [7, 11) is -3.40. The highest BCUT2D eigenvalue weighted by Gasteiger charge is 2.34. The van der Waals surface area contributed by atoms with Crippen LogP contribution in [0.4, 0.5) is 0 Å². The van der Waals surface area contributed by atoms with Gasteiger partial charge in [-0.1, -0.05) is 29.8 Å². The van der Waals surface area contributed by atoms with Gasteiger partial charge in [0.25, 0.3) is 5.91 Å². The van der Waals surface area contributed by atoms with Crippen LogP contribution in [0.3, 0.4) is 0 Å². The highest BCUT2D eigenvalue weighted by atomic mass is 35.5. The van der Waals surface area contributed by atoms with Gasteiger partial charge in [-0.25, -0.2) is 8.42 Å². The van der Waals surface area contributed by atoms with E-state index in [9.17, 15) is 13.2 Å². The van der Waals surface area contributed by atoms with Crippen LogP contribution in [-0.2, 0) is 16.4 Å². The molecule has 3 aromatic rings. The zero-order chi connectivity index (χ0) is 20.6. The monoisotopic (exact) mass is 431 g/mol. The van der Waals surface area contributed by atoms with E-state index in [4.69, 9.17) is 16.0 Å². The van der Waals surface area contributed by atoms with Crippen molar-refractivity contribution in [3.05, 3.63) is 65.0 Å². The van der Waals surface area contributed by atoms with Gasteiger partial charge in [-0.05, 0) is 43.2 Å². The van der Waals surface area contributed by atoms with Gasteiger partial charge in [0, 0.05) is 17.9 Å². The maximum absolute atomic E-state index is 13.1. The van der Waals surface area contributed by atoms with E-state index < -0.39 is 9.84 Å². The van der Waals surface area contributed by atoms with E-state index in [1.165, 1.54) is 12.1 Å². The number of rotatable bonds is 6. The molecule has 0 atom stereocenters. The van der Waals surface area contributed by atoms with Crippen LogP contribution >= 0.6 is 11.6 Å². The van der Waals surface area contributed by atoms with Gasteiger partial charge in [0.05, 0.1) is 22.0 Å². The predicted molar refractivity (Wildman–Crippen MR) is 107 cm³/mol. The SMILES string of the molecule is CS(=O)(=O)c1cccc(C(=O)N(Cc2nnc(-c3ccccc3Cl)o2)C2CC2)c1. The Morgan fingerprint density at radius 1 is 1.17 bits per heavy atom.